The van der Waals surface area contributed by atoms with E-state index in [1.165, 1.54) is 0 Å². The predicted molar refractivity (Wildman–Crippen MR) is 109 cm³/mol. The average molecular weight is 394 g/mol. The second-order valence-corrected chi connectivity index (χ2v) is 7.41. The Morgan fingerprint density at radius 3 is 2.86 bits per heavy atom. The molecule has 0 aromatic carbocycles. The van der Waals surface area contributed by atoms with Crippen LogP contribution in [0.4, 0.5) is 5.82 Å². The Morgan fingerprint density at radius 2 is 2.10 bits per heavy atom. The van der Waals surface area contributed by atoms with E-state index in [-0.39, 0.29) is 11.8 Å². The molecule has 0 aliphatic carbocycles. The first-order valence-electron chi connectivity index (χ1n) is 9.96. The van der Waals surface area contributed by atoms with Gasteiger partial charge in [-0.2, -0.15) is 10.2 Å². The zero-order valence-electron chi connectivity index (χ0n) is 16.8. The lowest BCUT2D eigenvalue weighted by Gasteiger charge is -2.32. The zero-order chi connectivity index (χ0) is 20.2. The molecule has 1 atom stereocenters. The molecule has 0 saturated carbocycles. The standard InChI is InChI=1S/C20H26N8O/c1-15-11-16(2)27(25-15)10-7-21-20(29)17-5-3-8-26(13-17)18-12-19(23-14-22-18)28-9-4-6-24-28/h4,6,9,11-12,14,17H,3,5,7-8,10,13H2,1-2H3,(H,21,29). The first-order valence-corrected chi connectivity index (χ1v) is 9.96. The van der Waals surface area contributed by atoms with Gasteiger partial charge in [-0.15, -0.1) is 0 Å². The van der Waals surface area contributed by atoms with Crippen LogP contribution in [0.5, 0.6) is 0 Å². The summed E-state index contributed by atoms with van der Waals surface area (Å²) in [4.78, 5) is 23.5. The highest BCUT2D eigenvalue weighted by Crippen LogP contribution is 2.22. The summed E-state index contributed by atoms with van der Waals surface area (Å²) in [6.45, 7) is 6.80. The third kappa shape index (κ3) is 4.44. The molecule has 29 heavy (non-hydrogen) atoms. The Kier molecular flexibility index (Phi) is 5.55. The van der Waals surface area contributed by atoms with Crippen molar-refractivity contribution in [1.82, 2.24) is 34.8 Å². The fourth-order valence-electron chi connectivity index (χ4n) is 3.77. The Labute approximate surface area is 169 Å². The minimum Gasteiger partial charge on any atom is -0.356 e. The molecule has 0 bridgehead atoms. The fraction of sp³-hybridized carbons (Fsp3) is 0.450. The molecule has 0 spiro atoms. The molecule has 3 aromatic rings. The van der Waals surface area contributed by atoms with Gasteiger partial charge in [0.15, 0.2) is 5.82 Å². The van der Waals surface area contributed by atoms with Crippen molar-refractivity contribution in [3.8, 4) is 5.82 Å². The Hall–Kier alpha value is -3.23. The van der Waals surface area contributed by atoms with E-state index in [2.05, 4.69) is 30.4 Å². The molecule has 9 heteroatoms. The molecular weight excluding hydrogens is 368 g/mol. The van der Waals surface area contributed by atoms with Gasteiger partial charge in [-0.25, -0.2) is 14.6 Å². The molecule has 0 radical (unpaired) electrons. The first kappa shape index (κ1) is 19.1. The van der Waals surface area contributed by atoms with Gasteiger partial charge in [-0.05, 0) is 38.8 Å². The molecule has 9 nitrogen and oxygen atoms in total. The lowest BCUT2D eigenvalue weighted by Crippen LogP contribution is -2.44. The van der Waals surface area contributed by atoms with E-state index in [1.54, 1.807) is 17.2 Å². The fourth-order valence-corrected chi connectivity index (χ4v) is 3.77. The van der Waals surface area contributed by atoms with Crippen LogP contribution in [0.3, 0.4) is 0 Å². The minimum absolute atomic E-state index is 0.0488. The van der Waals surface area contributed by atoms with Crippen molar-refractivity contribution in [3.05, 3.63) is 48.3 Å². The van der Waals surface area contributed by atoms with Crippen LogP contribution in [0.2, 0.25) is 0 Å². The third-order valence-electron chi connectivity index (χ3n) is 5.22. The molecule has 3 aromatic heterocycles. The van der Waals surface area contributed by atoms with Crippen molar-refractivity contribution in [2.45, 2.75) is 33.2 Å². The van der Waals surface area contributed by atoms with Gasteiger partial charge in [0.1, 0.15) is 12.1 Å². The number of hydrogen-bond donors (Lipinski definition) is 1. The molecule has 1 aliphatic rings. The number of anilines is 1. The number of rotatable bonds is 6. The van der Waals surface area contributed by atoms with Gasteiger partial charge in [0, 0.05) is 43.8 Å². The highest BCUT2D eigenvalue weighted by atomic mass is 16.1. The van der Waals surface area contributed by atoms with E-state index in [1.807, 2.05) is 42.9 Å². The normalized spacial score (nSPS) is 16.8. The summed E-state index contributed by atoms with van der Waals surface area (Å²) in [5, 5.41) is 11.7. The van der Waals surface area contributed by atoms with Gasteiger partial charge in [0.25, 0.3) is 0 Å². The maximum atomic E-state index is 12.7. The number of carbonyl (C=O) groups is 1. The third-order valence-corrected chi connectivity index (χ3v) is 5.22. The Morgan fingerprint density at radius 1 is 1.24 bits per heavy atom. The highest BCUT2D eigenvalue weighted by Gasteiger charge is 2.26. The first-order chi connectivity index (χ1) is 14.1. The second kappa shape index (κ2) is 8.42. The summed E-state index contributed by atoms with van der Waals surface area (Å²) >= 11 is 0. The van der Waals surface area contributed by atoms with Crippen molar-refractivity contribution in [1.29, 1.82) is 0 Å². The monoisotopic (exact) mass is 394 g/mol. The van der Waals surface area contributed by atoms with E-state index >= 15 is 0 Å². The molecule has 4 rings (SSSR count). The van der Waals surface area contributed by atoms with Gasteiger partial charge < -0.3 is 10.2 Å². The molecule has 1 N–H and O–H groups in total. The van der Waals surface area contributed by atoms with Crippen LogP contribution < -0.4 is 10.2 Å². The number of carbonyl (C=O) groups excluding carboxylic acids is 1. The lowest BCUT2D eigenvalue weighted by molar-refractivity contribution is -0.125. The molecule has 152 valence electrons. The smallest absolute Gasteiger partial charge is 0.224 e. The number of nitrogens with one attached hydrogen (secondary N) is 1. The van der Waals surface area contributed by atoms with Crippen molar-refractivity contribution in [2.24, 2.45) is 5.92 Å². The summed E-state index contributed by atoms with van der Waals surface area (Å²) in [5.41, 5.74) is 2.11. The second-order valence-electron chi connectivity index (χ2n) is 7.41. The van der Waals surface area contributed by atoms with Crippen molar-refractivity contribution < 1.29 is 4.79 Å². The van der Waals surface area contributed by atoms with E-state index in [9.17, 15) is 4.79 Å². The van der Waals surface area contributed by atoms with E-state index in [4.69, 9.17) is 0 Å². The molecule has 1 unspecified atom stereocenters. The maximum absolute atomic E-state index is 12.7. The molecule has 1 amide bonds. The van der Waals surface area contributed by atoms with Crippen LogP contribution in [-0.2, 0) is 11.3 Å². The van der Waals surface area contributed by atoms with Crippen LogP contribution >= 0.6 is 0 Å². The number of nitrogens with zero attached hydrogens (tertiary/aromatic N) is 7. The van der Waals surface area contributed by atoms with E-state index < -0.39 is 0 Å². The van der Waals surface area contributed by atoms with Gasteiger partial charge >= 0.3 is 0 Å². The molecule has 1 aliphatic heterocycles. The van der Waals surface area contributed by atoms with Gasteiger partial charge in [-0.1, -0.05) is 0 Å². The Balaban J connectivity index is 1.35. The lowest BCUT2D eigenvalue weighted by atomic mass is 9.97. The van der Waals surface area contributed by atoms with Gasteiger partial charge in [0.2, 0.25) is 5.91 Å². The van der Waals surface area contributed by atoms with Crippen LogP contribution in [0.1, 0.15) is 24.2 Å². The van der Waals surface area contributed by atoms with Gasteiger partial charge in [0.05, 0.1) is 18.2 Å². The van der Waals surface area contributed by atoms with Crippen molar-refractivity contribution in [3.63, 3.8) is 0 Å². The quantitative estimate of drug-likeness (QED) is 0.681. The summed E-state index contributed by atoms with van der Waals surface area (Å²) in [7, 11) is 0. The predicted octanol–water partition coefficient (Wildman–Crippen LogP) is 1.51. The highest BCUT2D eigenvalue weighted by molar-refractivity contribution is 5.79. The maximum Gasteiger partial charge on any atom is 0.224 e. The van der Waals surface area contributed by atoms with E-state index in [0.29, 0.717) is 19.6 Å². The largest absolute Gasteiger partial charge is 0.356 e. The topological polar surface area (TPSA) is 93.8 Å². The Bertz CT molecular complexity index is 965. The summed E-state index contributed by atoms with van der Waals surface area (Å²) in [5.74, 6) is 1.59. The van der Waals surface area contributed by atoms with Crippen molar-refractivity contribution in [2.75, 3.05) is 24.5 Å². The zero-order valence-corrected chi connectivity index (χ0v) is 16.8. The van der Waals surface area contributed by atoms with Crippen molar-refractivity contribution >= 4 is 11.7 Å². The number of amides is 1. The summed E-state index contributed by atoms with van der Waals surface area (Å²) in [6.07, 6.45) is 6.96. The van der Waals surface area contributed by atoms with Crippen LogP contribution in [0.15, 0.2) is 36.9 Å². The molecule has 1 fully saturated rings. The van der Waals surface area contributed by atoms with Crippen LogP contribution in [-0.4, -0.2) is 55.1 Å². The summed E-state index contributed by atoms with van der Waals surface area (Å²) < 4.78 is 3.64. The number of aryl methyl sites for hydroxylation is 2. The minimum atomic E-state index is -0.0488. The SMILES string of the molecule is Cc1cc(C)n(CCNC(=O)C2CCCN(c3cc(-n4cccn4)ncn3)C2)n1. The average Bonchev–Trinajstić information content (AvgIpc) is 3.38. The molecule has 4 heterocycles. The van der Waals surface area contributed by atoms with Crippen LogP contribution in [0.25, 0.3) is 5.82 Å². The van der Waals surface area contributed by atoms with Crippen LogP contribution in [0, 0.1) is 19.8 Å². The summed E-state index contributed by atoms with van der Waals surface area (Å²) in [6, 6.07) is 5.81. The molecule has 1 saturated heterocycles. The number of aromatic nitrogens is 6. The van der Waals surface area contributed by atoms with E-state index in [0.717, 1.165) is 42.4 Å². The van der Waals surface area contributed by atoms with Gasteiger partial charge in [-0.3, -0.25) is 9.48 Å². The molecular formula is C20H26N8O. The number of piperidine rings is 1. The number of hydrogen-bond acceptors (Lipinski definition) is 6.